The Morgan fingerprint density at radius 2 is 2.24 bits per heavy atom. The van der Waals surface area contributed by atoms with E-state index in [0.29, 0.717) is 25.1 Å². The molecule has 1 aromatic rings. The zero-order chi connectivity index (χ0) is 12.5. The summed E-state index contributed by atoms with van der Waals surface area (Å²) < 4.78 is 39.6. The van der Waals surface area contributed by atoms with Crippen molar-refractivity contribution in [1.29, 1.82) is 0 Å². The monoisotopic (exact) mass is 258 g/mol. The summed E-state index contributed by atoms with van der Waals surface area (Å²) in [6.45, 7) is 2.78. The maximum absolute atomic E-state index is 13.3. The van der Waals surface area contributed by atoms with Crippen molar-refractivity contribution in [3.8, 4) is 0 Å². The molecule has 2 rings (SSSR count). The number of hydrogen-bond donors (Lipinski definition) is 2. The van der Waals surface area contributed by atoms with Crippen LogP contribution in [0.25, 0.3) is 0 Å². The molecule has 0 aliphatic carbocycles. The topological polar surface area (TPSA) is 58.2 Å². The van der Waals surface area contributed by atoms with Crippen LogP contribution in [-0.4, -0.2) is 26.8 Å². The Hall–Kier alpha value is -1.14. The third-order valence-electron chi connectivity index (χ3n) is 2.89. The highest BCUT2D eigenvalue weighted by molar-refractivity contribution is 7.93. The molecule has 17 heavy (non-hydrogen) atoms. The van der Waals surface area contributed by atoms with E-state index in [9.17, 15) is 12.8 Å². The summed E-state index contributed by atoms with van der Waals surface area (Å²) in [5.41, 5.74) is 0.774. The van der Waals surface area contributed by atoms with Crippen LogP contribution < -0.4 is 10.0 Å². The van der Waals surface area contributed by atoms with Gasteiger partial charge in [-0.15, -0.1) is 0 Å². The first kappa shape index (κ1) is 12.3. The second kappa shape index (κ2) is 4.62. The molecule has 1 fully saturated rings. The minimum absolute atomic E-state index is 0.278. The first-order chi connectivity index (χ1) is 7.99. The number of aryl methyl sites for hydroxylation is 1. The molecule has 1 unspecified atom stereocenters. The van der Waals surface area contributed by atoms with E-state index in [0.717, 1.165) is 0 Å². The first-order valence-electron chi connectivity index (χ1n) is 5.47. The summed E-state index contributed by atoms with van der Waals surface area (Å²) in [7, 11) is -3.42. The molecule has 4 nitrogen and oxygen atoms in total. The summed E-state index contributed by atoms with van der Waals surface area (Å²) >= 11 is 0. The number of sulfonamides is 1. The fraction of sp³-hybridized carbons (Fsp3) is 0.455. The minimum Gasteiger partial charge on any atom is -0.315 e. The first-order valence-corrected chi connectivity index (χ1v) is 7.02. The summed E-state index contributed by atoms with van der Waals surface area (Å²) in [5.74, 6) is -0.408. The number of anilines is 1. The molecule has 0 amide bonds. The largest absolute Gasteiger partial charge is 0.315 e. The predicted molar refractivity (Wildman–Crippen MR) is 65.0 cm³/mol. The van der Waals surface area contributed by atoms with Crippen molar-refractivity contribution < 1.29 is 12.8 Å². The minimum atomic E-state index is -3.42. The third-order valence-corrected chi connectivity index (χ3v) is 4.69. The maximum atomic E-state index is 13.3. The van der Waals surface area contributed by atoms with Crippen LogP contribution in [0, 0.1) is 12.7 Å². The average Bonchev–Trinajstić information content (AvgIpc) is 2.77. The van der Waals surface area contributed by atoms with Gasteiger partial charge in [0.2, 0.25) is 10.0 Å². The molecular weight excluding hydrogens is 243 g/mol. The molecule has 6 heteroatoms. The van der Waals surface area contributed by atoms with E-state index in [2.05, 4.69) is 10.0 Å². The zero-order valence-corrected chi connectivity index (χ0v) is 10.3. The standard InChI is InChI=1S/C11H15FN2O2S/c1-8-2-3-9(6-11(8)12)14-17(15,16)10-4-5-13-7-10/h2-3,6,10,13-14H,4-5,7H2,1H3. The van der Waals surface area contributed by atoms with Crippen LogP contribution in [0.2, 0.25) is 0 Å². The summed E-state index contributed by atoms with van der Waals surface area (Å²) in [6.07, 6.45) is 0.587. The molecule has 1 heterocycles. The molecule has 0 saturated carbocycles. The molecule has 1 aliphatic heterocycles. The average molecular weight is 258 g/mol. The third kappa shape index (κ3) is 2.76. The summed E-state index contributed by atoms with van der Waals surface area (Å²) in [6, 6.07) is 4.33. The van der Waals surface area contributed by atoms with Crippen LogP contribution in [0.1, 0.15) is 12.0 Å². The highest BCUT2D eigenvalue weighted by Crippen LogP contribution is 2.18. The Bertz CT molecular complexity index is 510. The quantitative estimate of drug-likeness (QED) is 0.857. The van der Waals surface area contributed by atoms with Gasteiger partial charge in [-0.25, -0.2) is 12.8 Å². The lowest BCUT2D eigenvalue weighted by molar-refractivity contribution is 0.588. The van der Waals surface area contributed by atoms with Crippen LogP contribution in [0.4, 0.5) is 10.1 Å². The highest BCUT2D eigenvalue weighted by atomic mass is 32.2. The van der Waals surface area contributed by atoms with Gasteiger partial charge >= 0.3 is 0 Å². The molecule has 2 N–H and O–H groups in total. The Balaban J connectivity index is 2.17. The van der Waals surface area contributed by atoms with Crippen molar-refractivity contribution in [2.45, 2.75) is 18.6 Å². The lowest BCUT2D eigenvalue weighted by Gasteiger charge is -2.13. The van der Waals surface area contributed by atoms with Gasteiger partial charge < -0.3 is 5.32 Å². The number of hydrogen-bond acceptors (Lipinski definition) is 3. The molecule has 0 bridgehead atoms. The second-order valence-electron chi connectivity index (χ2n) is 4.23. The van der Waals surface area contributed by atoms with Crippen LogP contribution in [0.15, 0.2) is 18.2 Å². The molecular formula is C11H15FN2O2S. The fourth-order valence-electron chi connectivity index (χ4n) is 1.80. The molecule has 1 saturated heterocycles. The number of rotatable bonds is 3. The molecule has 0 spiro atoms. The van der Waals surface area contributed by atoms with Gasteiger partial charge in [0.25, 0.3) is 0 Å². The predicted octanol–water partition coefficient (Wildman–Crippen LogP) is 1.24. The molecule has 1 aliphatic rings. The van der Waals surface area contributed by atoms with Gasteiger partial charge in [0, 0.05) is 6.54 Å². The zero-order valence-electron chi connectivity index (χ0n) is 9.53. The Morgan fingerprint density at radius 3 is 2.82 bits per heavy atom. The van der Waals surface area contributed by atoms with Gasteiger partial charge in [-0.1, -0.05) is 6.07 Å². The van der Waals surface area contributed by atoms with Gasteiger partial charge in [-0.05, 0) is 37.6 Å². The Morgan fingerprint density at radius 1 is 1.47 bits per heavy atom. The smallest absolute Gasteiger partial charge is 0.236 e. The van der Waals surface area contributed by atoms with Crippen molar-refractivity contribution >= 4 is 15.7 Å². The lowest BCUT2D eigenvalue weighted by Crippen LogP contribution is -2.29. The van der Waals surface area contributed by atoms with Crippen molar-refractivity contribution in [3.05, 3.63) is 29.6 Å². The summed E-state index contributed by atoms with van der Waals surface area (Å²) in [4.78, 5) is 0. The Labute approximate surface area is 100 Å². The van der Waals surface area contributed by atoms with E-state index in [1.807, 2.05) is 0 Å². The molecule has 1 aromatic carbocycles. The molecule has 0 radical (unpaired) electrons. The van der Waals surface area contributed by atoms with E-state index in [1.54, 1.807) is 19.1 Å². The van der Waals surface area contributed by atoms with Crippen LogP contribution in [0.5, 0.6) is 0 Å². The van der Waals surface area contributed by atoms with E-state index in [1.165, 1.54) is 6.07 Å². The normalized spacial score (nSPS) is 20.5. The van der Waals surface area contributed by atoms with Crippen molar-refractivity contribution in [3.63, 3.8) is 0 Å². The van der Waals surface area contributed by atoms with Crippen molar-refractivity contribution in [1.82, 2.24) is 5.32 Å². The SMILES string of the molecule is Cc1ccc(NS(=O)(=O)C2CCNC2)cc1F. The fourth-order valence-corrected chi connectivity index (χ4v) is 3.18. The van der Waals surface area contributed by atoms with E-state index < -0.39 is 21.1 Å². The number of nitrogens with one attached hydrogen (secondary N) is 2. The van der Waals surface area contributed by atoms with Crippen LogP contribution >= 0.6 is 0 Å². The summed E-state index contributed by atoms with van der Waals surface area (Å²) in [5, 5.41) is 2.55. The molecule has 1 atom stereocenters. The van der Waals surface area contributed by atoms with Crippen molar-refractivity contribution in [2.75, 3.05) is 17.8 Å². The second-order valence-corrected chi connectivity index (χ2v) is 6.19. The van der Waals surface area contributed by atoms with E-state index in [4.69, 9.17) is 0 Å². The van der Waals surface area contributed by atoms with Gasteiger partial charge in [0.15, 0.2) is 0 Å². The van der Waals surface area contributed by atoms with Gasteiger partial charge in [0.1, 0.15) is 5.82 Å². The lowest BCUT2D eigenvalue weighted by atomic mass is 10.2. The number of benzene rings is 1. The van der Waals surface area contributed by atoms with Crippen LogP contribution in [-0.2, 0) is 10.0 Å². The Kier molecular flexibility index (Phi) is 3.35. The maximum Gasteiger partial charge on any atom is 0.236 e. The van der Waals surface area contributed by atoms with Crippen LogP contribution in [0.3, 0.4) is 0 Å². The number of halogens is 1. The molecule has 0 aromatic heterocycles. The highest BCUT2D eigenvalue weighted by Gasteiger charge is 2.28. The van der Waals surface area contributed by atoms with Gasteiger partial charge in [-0.3, -0.25) is 4.72 Å². The molecule has 94 valence electrons. The van der Waals surface area contributed by atoms with Crippen molar-refractivity contribution in [2.24, 2.45) is 0 Å². The van der Waals surface area contributed by atoms with Gasteiger partial charge in [0.05, 0.1) is 10.9 Å². The van der Waals surface area contributed by atoms with E-state index >= 15 is 0 Å². The van der Waals surface area contributed by atoms with Gasteiger partial charge in [-0.2, -0.15) is 0 Å². The van der Waals surface area contributed by atoms with E-state index in [-0.39, 0.29) is 5.69 Å².